The van der Waals surface area contributed by atoms with Crippen molar-refractivity contribution in [1.29, 1.82) is 0 Å². The van der Waals surface area contributed by atoms with Crippen LogP contribution in [-0.2, 0) is 14.4 Å². The molecule has 2 heterocycles. The number of hydrogen-bond donors (Lipinski definition) is 1. The molecule has 0 unspecified atom stereocenters. The Kier molecular flexibility index (Phi) is 6.17. The molecule has 2 aromatic carbocycles. The van der Waals surface area contributed by atoms with Crippen molar-refractivity contribution in [3.05, 3.63) is 65.7 Å². The predicted octanol–water partition coefficient (Wildman–Crippen LogP) is 3.83. The molecule has 0 bridgehead atoms. The van der Waals surface area contributed by atoms with Gasteiger partial charge in [0.25, 0.3) is 11.9 Å². The van der Waals surface area contributed by atoms with Gasteiger partial charge in [-0.15, -0.1) is 0 Å². The molecular formula is C28H33N4O3+. The summed E-state index contributed by atoms with van der Waals surface area (Å²) in [6.07, 6.45) is 3.81. The summed E-state index contributed by atoms with van der Waals surface area (Å²) in [4.78, 5) is 38.7. The van der Waals surface area contributed by atoms with Gasteiger partial charge in [-0.2, -0.15) is 9.64 Å². The molecule has 1 saturated carbocycles. The van der Waals surface area contributed by atoms with E-state index in [1.165, 1.54) is 5.06 Å². The van der Waals surface area contributed by atoms with Gasteiger partial charge in [0.1, 0.15) is 7.05 Å². The first kappa shape index (κ1) is 23.3. The normalized spacial score (nSPS) is 20.8. The molecule has 1 atom stereocenters. The summed E-state index contributed by atoms with van der Waals surface area (Å²) in [5.74, 6) is 0.515. The minimum Gasteiger partial charge on any atom is -0.354 e. The lowest BCUT2D eigenvalue weighted by atomic mass is 9.95. The lowest BCUT2D eigenvalue weighted by Gasteiger charge is -2.34. The predicted molar refractivity (Wildman–Crippen MR) is 135 cm³/mol. The van der Waals surface area contributed by atoms with Gasteiger partial charge in [-0.25, -0.2) is 0 Å². The second-order valence-corrected chi connectivity index (χ2v) is 10.1. The number of amides is 2. The molecule has 182 valence electrons. The first-order valence-electron chi connectivity index (χ1n) is 12.6. The number of fused-ring (bicyclic) bond motifs is 2. The molecule has 0 aromatic heterocycles. The van der Waals surface area contributed by atoms with E-state index < -0.39 is 11.6 Å². The maximum Gasteiger partial charge on any atom is 0.402 e. The molecular weight excluding hydrogens is 440 g/mol. The number of hydrogen-bond acceptors (Lipinski definition) is 4. The van der Waals surface area contributed by atoms with E-state index in [-0.39, 0.29) is 11.8 Å². The minimum atomic E-state index is -1.00. The van der Waals surface area contributed by atoms with Crippen molar-refractivity contribution in [3.63, 3.8) is 0 Å². The van der Waals surface area contributed by atoms with Gasteiger partial charge in [-0.1, -0.05) is 69.2 Å². The largest absolute Gasteiger partial charge is 0.402 e. The topological polar surface area (TPSA) is 74.0 Å². The molecule has 2 amide bonds. The number of carbonyl (C=O) groups is 2. The number of nitrogens with one attached hydrogen (secondary N) is 1. The zero-order chi connectivity index (χ0) is 24.6. The Morgan fingerprint density at radius 2 is 1.83 bits per heavy atom. The number of rotatable bonds is 6. The fraction of sp³-hybridized carbons (Fsp3) is 0.429. The quantitative estimate of drug-likeness (QED) is 0.648. The van der Waals surface area contributed by atoms with Crippen molar-refractivity contribution in [2.45, 2.75) is 57.5 Å². The molecule has 2 aliphatic heterocycles. The van der Waals surface area contributed by atoms with Crippen molar-refractivity contribution in [1.82, 2.24) is 10.4 Å². The molecule has 3 aliphatic rings. The number of benzene rings is 2. The fourth-order valence-electron chi connectivity index (χ4n) is 5.29. The third-order valence-electron chi connectivity index (χ3n) is 7.26. The average Bonchev–Trinajstić information content (AvgIpc) is 3.45. The van der Waals surface area contributed by atoms with E-state index in [0.29, 0.717) is 31.2 Å². The average molecular weight is 474 g/mol. The number of carbonyl (C=O) groups excluding carboxylic acids is 2. The van der Waals surface area contributed by atoms with Gasteiger partial charge in [0, 0.05) is 18.2 Å². The molecule has 35 heavy (non-hydrogen) atoms. The second-order valence-electron chi connectivity index (χ2n) is 10.1. The van der Waals surface area contributed by atoms with Gasteiger partial charge in [0.15, 0.2) is 5.54 Å². The monoisotopic (exact) mass is 473 g/mol. The zero-order valence-corrected chi connectivity index (χ0v) is 20.7. The van der Waals surface area contributed by atoms with Crippen molar-refractivity contribution >= 4 is 29.1 Å². The molecule has 5 rings (SSSR count). The van der Waals surface area contributed by atoms with E-state index in [1.807, 2.05) is 66.2 Å². The van der Waals surface area contributed by atoms with Crippen LogP contribution in [0.15, 0.2) is 59.6 Å². The first-order valence-corrected chi connectivity index (χ1v) is 12.6. The lowest BCUT2D eigenvalue weighted by Crippen LogP contribution is -2.58. The van der Waals surface area contributed by atoms with E-state index >= 15 is 0 Å². The third-order valence-corrected chi connectivity index (χ3v) is 7.26. The van der Waals surface area contributed by atoms with Crippen LogP contribution in [0.25, 0.3) is 0 Å². The van der Waals surface area contributed by atoms with Gasteiger partial charge >= 0.3 is 5.90 Å². The molecule has 1 saturated heterocycles. The summed E-state index contributed by atoms with van der Waals surface area (Å²) in [5.41, 5.74) is 2.52. The Hall–Kier alpha value is -3.48. The Morgan fingerprint density at radius 1 is 1.14 bits per heavy atom. The van der Waals surface area contributed by atoms with Gasteiger partial charge < -0.3 is 10.2 Å². The zero-order valence-electron chi connectivity index (χ0n) is 20.7. The Morgan fingerprint density at radius 3 is 2.54 bits per heavy atom. The smallest absolute Gasteiger partial charge is 0.354 e. The summed E-state index contributed by atoms with van der Waals surface area (Å²) in [6, 6.07) is 17.0. The van der Waals surface area contributed by atoms with Crippen molar-refractivity contribution in [3.8, 4) is 0 Å². The Balaban J connectivity index is 1.56. The number of aliphatic imine (C=N–C) groups is 1. The summed E-state index contributed by atoms with van der Waals surface area (Å²) in [6.45, 7) is 4.85. The van der Waals surface area contributed by atoms with E-state index in [1.54, 1.807) is 0 Å². The highest BCUT2D eigenvalue weighted by atomic mass is 16.7. The second kappa shape index (κ2) is 9.29. The van der Waals surface area contributed by atoms with Crippen molar-refractivity contribution < 1.29 is 19.0 Å². The molecule has 7 heteroatoms. The van der Waals surface area contributed by atoms with Crippen molar-refractivity contribution in [2.24, 2.45) is 10.9 Å². The van der Waals surface area contributed by atoms with Crippen LogP contribution < -0.4 is 5.32 Å². The molecule has 1 aliphatic carbocycles. The number of hydroxylamine groups is 2. The molecule has 7 nitrogen and oxygen atoms in total. The maximum absolute atomic E-state index is 13.9. The standard InChI is InChI=1S/C28H32N4O3/c1-19(2)15-18-29-27(34)28(16-9-10-17-28)32-25(33)24-26(35-32)31(3)22-14-8-7-13-21(22)23(30-24)20-11-5-4-6-12-20/h4-8,11-14,19,24H,9-10,15-18H2,1-3H3/p+1/t24-/m1/s1. The molecule has 2 fully saturated rings. The van der Waals surface area contributed by atoms with E-state index in [2.05, 4.69) is 19.2 Å². The lowest BCUT2D eigenvalue weighted by molar-refractivity contribution is -0.422. The van der Waals surface area contributed by atoms with E-state index in [4.69, 9.17) is 9.83 Å². The summed E-state index contributed by atoms with van der Waals surface area (Å²) in [7, 11) is 1.89. The van der Waals surface area contributed by atoms with E-state index in [0.717, 1.165) is 41.8 Å². The van der Waals surface area contributed by atoms with Crippen molar-refractivity contribution in [2.75, 3.05) is 13.6 Å². The van der Waals surface area contributed by atoms with Crippen LogP contribution >= 0.6 is 0 Å². The Bertz CT molecular complexity index is 1200. The maximum atomic E-state index is 13.9. The number of para-hydroxylation sites is 1. The highest BCUT2D eigenvalue weighted by Crippen LogP contribution is 2.40. The summed E-state index contributed by atoms with van der Waals surface area (Å²) < 4.78 is 1.90. The minimum absolute atomic E-state index is 0.128. The molecule has 0 radical (unpaired) electrons. The van der Waals surface area contributed by atoms with Crippen LogP contribution in [0.5, 0.6) is 0 Å². The third kappa shape index (κ3) is 4.03. The summed E-state index contributed by atoms with van der Waals surface area (Å²) >= 11 is 0. The highest BCUT2D eigenvalue weighted by Gasteiger charge is 2.59. The molecule has 1 N–H and O–H groups in total. The van der Waals surface area contributed by atoms with Gasteiger partial charge in [0.2, 0.25) is 11.6 Å². The first-order chi connectivity index (χ1) is 16.9. The number of nitrogens with zero attached hydrogens (tertiary/aromatic N) is 3. The Labute approximate surface area is 206 Å². The fourth-order valence-corrected chi connectivity index (χ4v) is 5.29. The van der Waals surface area contributed by atoms with E-state index in [9.17, 15) is 9.59 Å². The molecule has 0 spiro atoms. The van der Waals surface area contributed by atoms with Gasteiger partial charge in [0.05, 0.1) is 11.3 Å². The van der Waals surface area contributed by atoms with Crippen LogP contribution in [0.4, 0.5) is 5.69 Å². The SMILES string of the molecule is CC(C)CCNC(=O)C1(N2OC3=[N+](C)c4ccccc4C(c4ccccc4)=N[C@@H]3C2=O)CCCC1. The van der Waals surface area contributed by atoms with Crippen LogP contribution in [-0.4, -0.2) is 58.2 Å². The highest BCUT2D eigenvalue weighted by molar-refractivity contribution is 6.19. The molecule has 2 aromatic rings. The van der Waals surface area contributed by atoms with Crippen LogP contribution in [0.3, 0.4) is 0 Å². The van der Waals surface area contributed by atoms with Crippen LogP contribution in [0.2, 0.25) is 0 Å². The van der Waals surface area contributed by atoms with Gasteiger partial charge in [-0.3, -0.25) is 14.6 Å². The van der Waals surface area contributed by atoms with Crippen LogP contribution in [0, 0.1) is 5.92 Å². The summed E-state index contributed by atoms with van der Waals surface area (Å²) in [5, 5.41) is 4.43. The van der Waals surface area contributed by atoms with Crippen LogP contribution in [0.1, 0.15) is 57.1 Å². The van der Waals surface area contributed by atoms with Gasteiger partial charge in [-0.05, 0) is 31.2 Å².